The Morgan fingerprint density at radius 1 is 1.00 bits per heavy atom. The van der Waals surface area contributed by atoms with Gasteiger partial charge in [0, 0.05) is 39.8 Å². The number of non-ortho nitro benzene ring substituents is 1. The van der Waals surface area contributed by atoms with Crippen LogP contribution in [-0.2, 0) is 11.2 Å². The van der Waals surface area contributed by atoms with Crippen molar-refractivity contribution in [3.63, 3.8) is 0 Å². The van der Waals surface area contributed by atoms with Crippen LogP contribution in [0.2, 0.25) is 5.02 Å². The summed E-state index contributed by atoms with van der Waals surface area (Å²) in [7, 11) is 0. The van der Waals surface area contributed by atoms with Crippen LogP contribution in [0.25, 0.3) is 16.8 Å². The second-order valence-corrected chi connectivity index (χ2v) is 8.55. The summed E-state index contributed by atoms with van der Waals surface area (Å²) in [6.07, 6.45) is 1.86. The normalized spacial score (nSPS) is 11.1. The number of benzene rings is 3. The lowest BCUT2D eigenvalue weighted by atomic mass is 10.0. The number of hydrogen-bond donors (Lipinski definition) is 1. The molecule has 1 aromatic heterocycles. The predicted molar refractivity (Wildman–Crippen MR) is 138 cm³/mol. The van der Waals surface area contributed by atoms with Gasteiger partial charge in [-0.2, -0.15) is 5.10 Å². The number of rotatable bonds is 7. The Bertz CT molecular complexity index is 1390. The Morgan fingerprint density at radius 2 is 1.60 bits per heavy atom. The average Bonchev–Trinajstić information content (AvgIpc) is 3.13. The minimum atomic E-state index is -0.406. The van der Waals surface area contributed by atoms with Crippen molar-refractivity contribution in [1.82, 2.24) is 9.99 Å². The maximum atomic E-state index is 12.2. The molecule has 0 atom stereocenters. The van der Waals surface area contributed by atoms with Crippen molar-refractivity contribution in [2.75, 3.05) is 0 Å². The molecular formula is C27H23ClN4O3. The fourth-order valence-corrected chi connectivity index (χ4v) is 4.02. The first-order valence-electron chi connectivity index (χ1n) is 10.9. The van der Waals surface area contributed by atoms with Gasteiger partial charge in [-0.15, -0.1) is 0 Å². The minimum Gasteiger partial charge on any atom is -0.318 e. The molecule has 1 N–H and O–H groups in total. The number of nitro benzene ring substituents is 1. The lowest BCUT2D eigenvalue weighted by Crippen LogP contribution is -2.19. The summed E-state index contributed by atoms with van der Waals surface area (Å²) in [5, 5.41) is 15.6. The van der Waals surface area contributed by atoms with Crippen molar-refractivity contribution in [2.45, 2.75) is 20.3 Å². The third-order valence-electron chi connectivity index (χ3n) is 5.68. The molecule has 0 unspecified atom stereocenters. The highest BCUT2D eigenvalue weighted by Gasteiger charge is 2.11. The molecule has 0 aliphatic carbocycles. The van der Waals surface area contributed by atoms with Crippen molar-refractivity contribution in [2.24, 2.45) is 5.10 Å². The Balaban J connectivity index is 1.45. The van der Waals surface area contributed by atoms with Gasteiger partial charge in [-0.3, -0.25) is 14.9 Å². The second kappa shape index (κ2) is 10.4. The van der Waals surface area contributed by atoms with Crippen LogP contribution >= 0.6 is 11.6 Å². The molecule has 0 saturated carbocycles. The van der Waals surface area contributed by atoms with E-state index in [0.29, 0.717) is 5.02 Å². The number of halogens is 1. The zero-order valence-electron chi connectivity index (χ0n) is 19.2. The number of nitro groups is 1. The topological polar surface area (TPSA) is 89.5 Å². The van der Waals surface area contributed by atoms with E-state index < -0.39 is 4.92 Å². The highest BCUT2D eigenvalue weighted by Crippen LogP contribution is 2.25. The summed E-state index contributed by atoms with van der Waals surface area (Å²) in [5.74, 6) is -0.209. The second-order valence-electron chi connectivity index (χ2n) is 8.11. The predicted octanol–water partition coefficient (Wildman–Crippen LogP) is 6.02. The maximum absolute atomic E-state index is 12.2. The molecule has 0 radical (unpaired) electrons. The van der Waals surface area contributed by atoms with Gasteiger partial charge < -0.3 is 4.57 Å². The van der Waals surface area contributed by atoms with E-state index >= 15 is 0 Å². The van der Waals surface area contributed by atoms with E-state index in [1.807, 2.05) is 56.3 Å². The van der Waals surface area contributed by atoms with Gasteiger partial charge in [0.15, 0.2) is 0 Å². The smallest absolute Gasteiger partial charge is 0.269 e. The SMILES string of the molecule is Cc1cc(/C=N\NC(=O)Cc2ccc(Cl)cc2)c(C)n1-c1ccc(-c2ccc([N+](=O)[O-])cc2)cc1. The Hall–Kier alpha value is -4.23. The molecule has 3 aromatic carbocycles. The largest absolute Gasteiger partial charge is 0.318 e. The van der Waals surface area contributed by atoms with Crippen LogP contribution in [0.1, 0.15) is 22.5 Å². The molecule has 0 bridgehead atoms. The Labute approximate surface area is 207 Å². The molecule has 1 heterocycles. The fourth-order valence-electron chi connectivity index (χ4n) is 3.90. The number of aromatic nitrogens is 1. The maximum Gasteiger partial charge on any atom is 0.269 e. The third kappa shape index (κ3) is 5.65. The molecule has 0 saturated heterocycles. The van der Waals surface area contributed by atoms with Gasteiger partial charge in [-0.1, -0.05) is 35.9 Å². The molecule has 1 amide bonds. The van der Waals surface area contributed by atoms with Crippen LogP contribution in [0.3, 0.4) is 0 Å². The molecule has 8 heteroatoms. The van der Waals surface area contributed by atoms with Crippen LogP contribution in [0, 0.1) is 24.0 Å². The number of hydrazone groups is 1. The van der Waals surface area contributed by atoms with Crippen LogP contribution in [-0.4, -0.2) is 21.6 Å². The first kappa shape index (κ1) is 23.9. The Kier molecular flexibility index (Phi) is 7.08. The highest BCUT2D eigenvalue weighted by molar-refractivity contribution is 6.30. The lowest BCUT2D eigenvalue weighted by molar-refractivity contribution is -0.384. The van der Waals surface area contributed by atoms with Gasteiger partial charge in [0.25, 0.3) is 5.69 Å². The monoisotopic (exact) mass is 486 g/mol. The number of aryl methyl sites for hydroxylation is 1. The summed E-state index contributed by atoms with van der Waals surface area (Å²) < 4.78 is 2.11. The quantitative estimate of drug-likeness (QED) is 0.197. The number of hydrogen-bond acceptors (Lipinski definition) is 4. The molecule has 0 spiro atoms. The van der Waals surface area contributed by atoms with Crippen molar-refractivity contribution in [3.05, 3.63) is 117 Å². The van der Waals surface area contributed by atoms with Crippen LogP contribution in [0.5, 0.6) is 0 Å². The van der Waals surface area contributed by atoms with Gasteiger partial charge in [0.05, 0.1) is 17.6 Å². The molecular weight excluding hydrogens is 464 g/mol. The van der Waals surface area contributed by atoms with Crippen LogP contribution in [0.15, 0.2) is 84.0 Å². The van der Waals surface area contributed by atoms with Crippen molar-refractivity contribution in [3.8, 4) is 16.8 Å². The molecule has 0 fully saturated rings. The van der Waals surface area contributed by atoms with E-state index in [0.717, 1.165) is 39.3 Å². The van der Waals surface area contributed by atoms with Crippen molar-refractivity contribution >= 4 is 29.4 Å². The highest BCUT2D eigenvalue weighted by atomic mass is 35.5. The number of carbonyl (C=O) groups is 1. The first-order valence-corrected chi connectivity index (χ1v) is 11.3. The Morgan fingerprint density at radius 3 is 2.20 bits per heavy atom. The average molecular weight is 487 g/mol. The van der Waals surface area contributed by atoms with E-state index in [2.05, 4.69) is 15.1 Å². The van der Waals surface area contributed by atoms with E-state index in [1.165, 1.54) is 12.1 Å². The standard InChI is InChI=1S/C27H23ClN4O3/c1-18-15-23(17-29-30-27(33)16-20-3-9-24(28)10-4-20)19(2)31(18)25-11-5-21(6-12-25)22-7-13-26(14-8-22)32(34)35/h3-15,17H,16H2,1-2H3,(H,30,33)/b29-17-. The van der Waals surface area contributed by atoms with Gasteiger partial charge in [-0.05, 0) is 73.0 Å². The molecule has 0 aliphatic heterocycles. The van der Waals surface area contributed by atoms with Crippen molar-refractivity contribution in [1.29, 1.82) is 0 Å². The van der Waals surface area contributed by atoms with E-state index in [-0.39, 0.29) is 18.0 Å². The third-order valence-corrected chi connectivity index (χ3v) is 5.93. The van der Waals surface area contributed by atoms with Gasteiger partial charge >= 0.3 is 0 Å². The summed E-state index contributed by atoms with van der Waals surface area (Å²) >= 11 is 5.88. The molecule has 176 valence electrons. The van der Waals surface area contributed by atoms with Gasteiger partial charge in [0.2, 0.25) is 5.91 Å². The zero-order valence-corrected chi connectivity index (χ0v) is 20.0. The van der Waals surface area contributed by atoms with Crippen LogP contribution in [0.4, 0.5) is 5.69 Å². The number of amides is 1. The summed E-state index contributed by atoms with van der Waals surface area (Å²) in [4.78, 5) is 22.6. The van der Waals surface area contributed by atoms with Gasteiger partial charge in [-0.25, -0.2) is 5.43 Å². The van der Waals surface area contributed by atoms with Gasteiger partial charge in [0.1, 0.15) is 0 Å². The molecule has 35 heavy (non-hydrogen) atoms. The summed E-state index contributed by atoms with van der Waals surface area (Å²) in [6, 6.07) is 23.6. The van der Waals surface area contributed by atoms with Crippen molar-refractivity contribution < 1.29 is 9.72 Å². The fraction of sp³-hybridized carbons (Fsp3) is 0.111. The number of carbonyl (C=O) groups excluding carboxylic acids is 1. The molecule has 0 aliphatic rings. The molecule has 4 aromatic rings. The molecule has 4 rings (SSSR count). The number of nitrogens with zero attached hydrogens (tertiary/aromatic N) is 3. The van der Waals surface area contributed by atoms with E-state index in [9.17, 15) is 14.9 Å². The van der Waals surface area contributed by atoms with E-state index in [4.69, 9.17) is 11.6 Å². The molecule has 7 nitrogen and oxygen atoms in total. The first-order chi connectivity index (χ1) is 16.8. The van der Waals surface area contributed by atoms with Crippen LogP contribution < -0.4 is 5.43 Å². The number of nitrogens with one attached hydrogen (secondary N) is 1. The van der Waals surface area contributed by atoms with E-state index in [1.54, 1.807) is 30.5 Å². The zero-order chi connectivity index (χ0) is 24.9. The summed E-state index contributed by atoms with van der Waals surface area (Å²) in [5.41, 5.74) is 9.27. The minimum absolute atomic E-state index is 0.0688. The lowest BCUT2D eigenvalue weighted by Gasteiger charge is -2.11. The summed E-state index contributed by atoms with van der Waals surface area (Å²) in [6.45, 7) is 4.00.